The lowest BCUT2D eigenvalue weighted by molar-refractivity contribution is 0.401. The minimum atomic E-state index is 0.466. The Hall–Kier alpha value is -1.18. The molecule has 2 atom stereocenters. The molecule has 2 aliphatic rings. The number of hydrogen-bond donors (Lipinski definition) is 1. The molecule has 0 spiro atoms. The first-order valence-corrected chi connectivity index (χ1v) is 5.21. The lowest BCUT2D eigenvalue weighted by atomic mass is 9.90. The molecule has 0 amide bonds. The molecule has 2 aliphatic carbocycles. The van der Waals surface area contributed by atoms with Gasteiger partial charge in [-0.3, -0.25) is 0 Å². The zero-order chi connectivity index (χ0) is 9.71. The Morgan fingerprint density at radius 2 is 1.93 bits per heavy atom. The van der Waals surface area contributed by atoms with Crippen molar-refractivity contribution >= 4 is 0 Å². The van der Waals surface area contributed by atoms with E-state index in [0.29, 0.717) is 17.6 Å². The van der Waals surface area contributed by atoms with Gasteiger partial charge in [-0.1, -0.05) is 0 Å². The van der Waals surface area contributed by atoms with E-state index in [1.807, 2.05) is 6.07 Å². The van der Waals surface area contributed by atoms with Crippen molar-refractivity contribution < 1.29 is 9.84 Å². The number of phenolic OH excluding ortho intramolecular Hbond substituents is 1. The normalized spacial score (nSPS) is 27.8. The molecule has 1 N–H and O–H groups in total. The maximum Gasteiger partial charge on any atom is 0.122 e. The van der Waals surface area contributed by atoms with Crippen LogP contribution < -0.4 is 4.74 Å². The number of rotatable bonds is 1. The second-order valence-corrected chi connectivity index (χ2v) is 4.32. The van der Waals surface area contributed by atoms with Crippen molar-refractivity contribution in [1.29, 1.82) is 0 Å². The Kier molecular flexibility index (Phi) is 1.55. The van der Waals surface area contributed by atoms with E-state index in [4.69, 9.17) is 4.74 Å². The van der Waals surface area contributed by atoms with Crippen LogP contribution in [0.1, 0.15) is 42.2 Å². The van der Waals surface area contributed by atoms with Crippen molar-refractivity contribution in [2.45, 2.75) is 31.1 Å². The summed E-state index contributed by atoms with van der Waals surface area (Å²) in [7, 11) is 1.71. The fraction of sp³-hybridized carbons (Fsp3) is 0.500. The first-order valence-electron chi connectivity index (χ1n) is 5.21. The van der Waals surface area contributed by atoms with Gasteiger partial charge in [0.15, 0.2) is 0 Å². The number of ether oxygens (including phenoxy) is 1. The Balaban J connectivity index is 2.24. The molecule has 14 heavy (non-hydrogen) atoms. The summed E-state index contributed by atoms with van der Waals surface area (Å²) in [6, 6.07) is 3.65. The van der Waals surface area contributed by atoms with Gasteiger partial charge in [0.25, 0.3) is 0 Å². The van der Waals surface area contributed by atoms with E-state index >= 15 is 0 Å². The van der Waals surface area contributed by atoms with E-state index in [1.54, 1.807) is 13.2 Å². The van der Waals surface area contributed by atoms with E-state index < -0.39 is 0 Å². The van der Waals surface area contributed by atoms with Gasteiger partial charge < -0.3 is 9.84 Å². The van der Waals surface area contributed by atoms with Gasteiger partial charge in [0.05, 0.1) is 7.11 Å². The van der Waals surface area contributed by atoms with Crippen LogP contribution >= 0.6 is 0 Å². The molecule has 0 radical (unpaired) electrons. The van der Waals surface area contributed by atoms with Crippen molar-refractivity contribution in [2.75, 3.05) is 7.11 Å². The zero-order valence-electron chi connectivity index (χ0n) is 8.29. The fourth-order valence-electron chi connectivity index (χ4n) is 3.14. The van der Waals surface area contributed by atoms with Crippen LogP contribution in [-0.2, 0) is 0 Å². The molecular weight excluding hydrogens is 176 g/mol. The molecule has 2 unspecified atom stereocenters. The van der Waals surface area contributed by atoms with E-state index in [2.05, 4.69) is 0 Å². The van der Waals surface area contributed by atoms with Crippen molar-refractivity contribution in [3.05, 3.63) is 23.3 Å². The Bertz CT molecular complexity index is 384. The van der Waals surface area contributed by atoms with E-state index in [1.165, 1.54) is 30.4 Å². The van der Waals surface area contributed by atoms with Crippen molar-refractivity contribution in [3.8, 4) is 11.5 Å². The summed E-state index contributed by atoms with van der Waals surface area (Å²) in [5, 5.41) is 9.82. The predicted molar refractivity (Wildman–Crippen MR) is 54.0 cm³/mol. The predicted octanol–water partition coefficient (Wildman–Crippen LogP) is 2.77. The van der Waals surface area contributed by atoms with Gasteiger partial charge in [0.2, 0.25) is 0 Å². The molecule has 2 bridgehead atoms. The lowest BCUT2D eigenvalue weighted by Gasteiger charge is -2.18. The highest BCUT2D eigenvalue weighted by atomic mass is 16.5. The smallest absolute Gasteiger partial charge is 0.122 e. The van der Waals surface area contributed by atoms with Crippen LogP contribution in [0.15, 0.2) is 12.1 Å². The van der Waals surface area contributed by atoms with Gasteiger partial charge in [0.1, 0.15) is 11.5 Å². The monoisotopic (exact) mass is 190 g/mol. The van der Waals surface area contributed by atoms with Crippen molar-refractivity contribution in [3.63, 3.8) is 0 Å². The van der Waals surface area contributed by atoms with Crippen LogP contribution in [0.4, 0.5) is 0 Å². The largest absolute Gasteiger partial charge is 0.508 e. The maximum absolute atomic E-state index is 9.82. The van der Waals surface area contributed by atoms with Crippen LogP contribution in [0.2, 0.25) is 0 Å². The molecule has 0 aromatic heterocycles. The molecule has 74 valence electrons. The van der Waals surface area contributed by atoms with Crippen LogP contribution in [0.5, 0.6) is 11.5 Å². The third-order valence-corrected chi connectivity index (χ3v) is 3.69. The molecule has 0 aliphatic heterocycles. The summed E-state index contributed by atoms with van der Waals surface area (Å²) < 4.78 is 5.35. The highest BCUT2D eigenvalue weighted by molar-refractivity contribution is 5.56. The number of fused-ring (bicyclic) bond motifs is 5. The molecule has 1 saturated carbocycles. The third-order valence-electron chi connectivity index (χ3n) is 3.69. The standard InChI is InChI=1S/C12H14O2/c1-14-10-5-4-9(13)11-7-2-3-8(6-7)12(10)11/h4-5,7-8,13H,2-3,6H2,1H3. The minimum Gasteiger partial charge on any atom is -0.508 e. The first kappa shape index (κ1) is 8.16. The Morgan fingerprint density at radius 1 is 1.21 bits per heavy atom. The first-order chi connectivity index (χ1) is 6.81. The molecular formula is C12H14O2. The number of aromatic hydroxyl groups is 1. The van der Waals surface area contributed by atoms with E-state index in [-0.39, 0.29) is 0 Å². The molecule has 0 saturated heterocycles. The summed E-state index contributed by atoms with van der Waals surface area (Å²) in [4.78, 5) is 0. The molecule has 1 aromatic carbocycles. The second kappa shape index (κ2) is 2.66. The summed E-state index contributed by atoms with van der Waals surface area (Å²) >= 11 is 0. The second-order valence-electron chi connectivity index (χ2n) is 4.32. The number of hydrogen-bond acceptors (Lipinski definition) is 2. The quantitative estimate of drug-likeness (QED) is 0.737. The minimum absolute atomic E-state index is 0.466. The molecule has 1 fully saturated rings. The lowest BCUT2D eigenvalue weighted by Crippen LogP contribution is -2.01. The zero-order valence-corrected chi connectivity index (χ0v) is 8.29. The van der Waals surface area contributed by atoms with Gasteiger partial charge in [0, 0.05) is 11.1 Å². The van der Waals surface area contributed by atoms with Gasteiger partial charge in [-0.05, 0) is 43.2 Å². The number of benzene rings is 1. The van der Waals surface area contributed by atoms with Gasteiger partial charge in [-0.15, -0.1) is 0 Å². The summed E-state index contributed by atoms with van der Waals surface area (Å²) in [6.45, 7) is 0. The highest BCUT2D eigenvalue weighted by Crippen LogP contribution is 2.58. The molecule has 2 nitrogen and oxygen atoms in total. The van der Waals surface area contributed by atoms with Crippen molar-refractivity contribution in [1.82, 2.24) is 0 Å². The van der Waals surface area contributed by atoms with E-state index in [0.717, 1.165) is 5.75 Å². The van der Waals surface area contributed by atoms with Gasteiger partial charge in [-0.25, -0.2) is 0 Å². The van der Waals surface area contributed by atoms with Crippen LogP contribution in [0.3, 0.4) is 0 Å². The van der Waals surface area contributed by atoms with Crippen LogP contribution in [0, 0.1) is 0 Å². The van der Waals surface area contributed by atoms with Crippen LogP contribution in [0.25, 0.3) is 0 Å². The topological polar surface area (TPSA) is 29.5 Å². The highest BCUT2D eigenvalue weighted by Gasteiger charge is 2.40. The number of phenols is 1. The van der Waals surface area contributed by atoms with Gasteiger partial charge in [-0.2, -0.15) is 0 Å². The Labute approximate surface area is 83.5 Å². The van der Waals surface area contributed by atoms with E-state index in [9.17, 15) is 5.11 Å². The summed E-state index contributed by atoms with van der Waals surface area (Å²) in [6.07, 6.45) is 3.71. The summed E-state index contributed by atoms with van der Waals surface area (Å²) in [5.41, 5.74) is 2.45. The fourth-order valence-corrected chi connectivity index (χ4v) is 3.14. The average molecular weight is 190 g/mol. The third kappa shape index (κ3) is 0.861. The Morgan fingerprint density at radius 3 is 2.64 bits per heavy atom. The van der Waals surface area contributed by atoms with Crippen LogP contribution in [-0.4, -0.2) is 12.2 Å². The maximum atomic E-state index is 9.82. The SMILES string of the molecule is COc1ccc(O)c2c1C1CCC2C1. The molecule has 2 heteroatoms. The average Bonchev–Trinajstić information content (AvgIpc) is 2.79. The number of methoxy groups -OCH3 is 1. The molecule has 0 heterocycles. The van der Waals surface area contributed by atoms with Gasteiger partial charge >= 0.3 is 0 Å². The summed E-state index contributed by atoms with van der Waals surface area (Å²) in [5.74, 6) is 2.65. The molecule has 3 rings (SSSR count). The van der Waals surface area contributed by atoms with Crippen molar-refractivity contribution in [2.24, 2.45) is 0 Å². The molecule has 1 aromatic rings.